The van der Waals surface area contributed by atoms with Crippen LogP contribution >= 0.6 is 0 Å². The van der Waals surface area contributed by atoms with Gasteiger partial charge in [-0.15, -0.1) is 0 Å². The van der Waals surface area contributed by atoms with Crippen molar-refractivity contribution in [1.82, 2.24) is 4.90 Å². The number of nitrogens with one attached hydrogen (secondary N) is 1. The van der Waals surface area contributed by atoms with E-state index in [2.05, 4.69) is 5.32 Å². The molecule has 1 saturated heterocycles. The van der Waals surface area contributed by atoms with Crippen LogP contribution in [0.15, 0.2) is 54.6 Å². The fourth-order valence-electron chi connectivity index (χ4n) is 2.51. The van der Waals surface area contributed by atoms with Gasteiger partial charge >= 0.3 is 0 Å². The minimum absolute atomic E-state index is 0.0855. The molecule has 1 aliphatic rings. The minimum atomic E-state index is -0.641. The fourth-order valence-corrected chi connectivity index (χ4v) is 2.51. The van der Waals surface area contributed by atoms with Crippen molar-refractivity contribution in [2.75, 3.05) is 5.32 Å². The van der Waals surface area contributed by atoms with Gasteiger partial charge in [0.15, 0.2) is 0 Å². The molecule has 5 heteroatoms. The number of carbonyl (C=O) groups is 2. The highest BCUT2D eigenvalue weighted by molar-refractivity contribution is 6.06. The molecular weight excluding hydrogens is 283 g/mol. The lowest BCUT2D eigenvalue weighted by molar-refractivity contribution is -0.139. The smallest absolute Gasteiger partial charge is 0.252 e. The van der Waals surface area contributed by atoms with Gasteiger partial charge in [0.05, 0.1) is 13.0 Å². The summed E-state index contributed by atoms with van der Waals surface area (Å²) in [5, 5.41) is 2.93. The van der Waals surface area contributed by atoms with Gasteiger partial charge in [0, 0.05) is 5.69 Å². The summed E-state index contributed by atoms with van der Waals surface area (Å²) in [6.45, 7) is 0.264. The number of benzene rings is 2. The highest BCUT2D eigenvalue weighted by Crippen LogP contribution is 2.21. The van der Waals surface area contributed by atoms with Crippen LogP contribution in [0.4, 0.5) is 10.1 Å². The maximum Gasteiger partial charge on any atom is 0.252 e. The molecule has 0 radical (unpaired) electrons. The molecule has 0 saturated carbocycles. The monoisotopic (exact) mass is 298 g/mol. The van der Waals surface area contributed by atoms with Gasteiger partial charge in [-0.05, 0) is 23.8 Å². The van der Waals surface area contributed by atoms with Crippen molar-refractivity contribution in [2.45, 2.75) is 19.0 Å². The van der Waals surface area contributed by atoms with Gasteiger partial charge in [-0.25, -0.2) is 4.39 Å². The highest BCUT2D eigenvalue weighted by atomic mass is 19.1. The molecule has 0 aliphatic carbocycles. The summed E-state index contributed by atoms with van der Waals surface area (Å²) in [7, 11) is 0. The van der Waals surface area contributed by atoms with E-state index in [1.54, 1.807) is 12.1 Å². The fraction of sp³-hybridized carbons (Fsp3) is 0.176. The van der Waals surface area contributed by atoms with Gasteiger partial charge in [0.25, 0.3) is 5.91 Å². The van der Waals surface area contributed by atoms with E-state index in [4.69, 9.17) is 0 Å². The maximum absolute atomic E-state index is 13.2. The van der Waals surface area contributed by atoms with E-state index >= 15 is 0 Å². The topological polar surface area (TPSA) is 49.4 Å². The van der Waals surface area contributed by atoms with E-state index in [1.807, 2.05) is 30.3 Å². The van der Waals surface area contributed by atoms with E-state index < -0.39 is 6.04 Å². The average Bonchev–Trinajstić information content (AvgIpc) is 2.76. The Morgan fingerprint density at radius 2 is 1.86 bits per heavy atom. The molecular formula is C17H15FN2O2. The van der Waals surface area contributed by atoms with Gasteiger partial charge < -0.3 is 5.32 Å². The number of imide groups is 1. The van der Waals surface area contributed by atoms with Crippen LogP contribution in [0.1, 0.15) is 12.0 Å². The quantitative estimate of drug-likeness (QED) is 0.883. The second kappa shape index (κ2) is 5.97. The third kappa shape index (κ3) is 2.98. The number of halogens is 1. The summed E-state index contributed by atoms with van der Waals surface area (Å²) in [5.74, 6) is -0.885. The van der Waals surface area contributed by atoms with Crippen molar-refractivity contribution < 1.29 is 14.0 Å². The lowest BCUT2D eigenvalue weighted by Gasteiger charge is -2.16. The second-order valence-electron chi connectivity index (χ2n) is 5.22. The Bertz CT molecular complexity index is 703. The van der Waals surface area contributed by atoms with Crippen LogP contribution in [-0.2, 0) is 16.1 Å². The van der Waals surface area contributed by atoms with Crippen LogP contribution in [0, 0.1) is 5.82 Å². The van der Waals surface area contributed by atoms with Crippen LogP contribution < -0.4 is 5.32 Å². The molecule has 0 spiro atoms. The van der Waals surface area contributed by atoms with E-state index in [0.29, 0.717) is 5.69 Å². The minimum Gasteiger partial charge on any atom is -0.373 e. The summed E-state index contributed by atoms with van der Waals surface area (Å²) in [5.41, 5.74) is 1.39. The number of hydrogen-bond acceptors (Lipinski definition) is 3. The molecule has 112 valence electrons. The third-order valence-electron chi connectivity index (χ3n) is 3.59. The zero-order valence-electron chi connectivity index (χ0n) is 11.8. The first-order valence-electron chi connectivity index (χ1n) is 7.04. The molecule has 2 aromatic carbocycles. The lowest BCUT2D eigenvalue weighted by Crippen LogP contribution is -2.34. The van der Waals surface area contributed by atoms with Gasteiger partial charge in [0.2, 0.25) is 5.91 Å². The van der Waals surface area contributed by atoms with Crippen LogP contribution in [0.25, 0.3) is 0 Å². The zero-order valence-corrected chi connectivity index (χ0v) is 11.8. The van der Waals surface area contributed by atoms with E-state index in [9.17, 15) is 14.0 Å². The Morgan fingerprint density at radius 1 is 1.09 bits per heavy atom. The van der Waals surface area contributed by atoms with Gasteiger partial charge in [-0.3, -0.25) is 14.5 Å². The lowest BCUT2D eigenvalue weighted by atomic mass is 10.2. The summed E-state index contributed by atoms with van der Waals surface area (Å²) >= 11 is 0. The summed E-state index contributed by atoms with van der Waals surface area (Å²) in [6.07, 6.45) is 0.0855. The Morgan fingerprint density at radius 3 is 2.59 bits per heavy atom. The molecule has 0 aromatic heterocycles. The largest absolute Gasteiger partial charge is 0.373 e. The predicted molar refractivity (Wildman–Crippen MR) is 80.4 cm³/mol. The average molecular weight is 298 g/mol. The Kier molecular flexibility index (Phi) is 3.87. The zero-order chi connectivity index (χ0) is 15.5. The Hall–Kier alpha value is -2.69. The van der Waals surface area contributed by atoms with Crippen molar-refractivity contribution in [3.05, 3.63) is 66.0 Å². The van der Waals surface area contributed by atoms with Crippen molar-refractivity contribution >= 4 is 17.5 Å². The van der Waals surface area contributed by atoms with Gasteiger partial charge in [-0.1, -0.05) is 36.4 Å². The van der Waals surface area contributed by atoms with Crippen LogP contribution in [0.2, 0.25) is 0 Å². The number of hydrogen-bond donors (Lipinski definition) is 1. The molecule has 0 unspecified atom stereocenters. The SMILES string of the molecule is O=C1C[C@H](Nc2cccc(F)c2)C(=O)N1Cc1ccccc1. The summed E-state index contributed by atoms with van der Waals surface area (Å²) in [4.78, 5) is 25.6. The van der Waals surface area contributed by atoms with Crippen molar-refractivity contribution in [3.63, 3.8) is 0 Å². The first-order valence-corrected chi connectivity index (χ1v) is 7.04. The van der Waals surface area contributed by atoms with Gasteiger partial charge in [-0.2, -0.15) is 0 Å². The Balaban J connectivity index is 1.71. The van der Waals surface area contributed by atoms with E-state index in [1.165, 1.54) is 17.0 Å². The van der Waals surface area contributed by atoms with E-state index in [-0.39, 0.29) is 30.6 Å². The first kappa shape index (κ1) is 14.3. The van der Waals surface area contributed by atoms with E-state index in [0.717, 1.165) is 5.56 Å². The van der Waals surface area contributed by atoms with Crippen LogP contribution in [-0.4, -0.2) is 22.8 Å². The molecule has 0 bridgehead atoms. The molecule has 2 amide bonds. The molecule has 4 nitrogen and oxygen atoms in total. The number of amides is 2. The third-order valence-corrected chi connectivity index (χ3v) is 3.59. The normalized spacial score (nSPS) is 17.9. The first-order chi connectivity index (χ1) is 10.6. The number of carbonyl (C=O) groups excluding carboxylic acids is 2. The van der Waals surface area contributed by atoms with Crippen molar-refractivity contribution in [3.8, 4) is 0 Å². The molecule has 22 heavy (non-hydrogen) atoms. The summed E-state index contributed by atoms with van der Waals surface area (Å²) < 4.78 is 13.2. The number of nitrogens with zero attached hydrogens (tertiary/aromatic N) is 1. The molecule has 1 atom stereocenters. The standard InChI is InChI=1S/C17H15FN2O2/c18-13-7-4-8-14(9-13)19-15-10-16(21)20(17(15)22)11-12-5-2-1-3-6-12/h1-9,15,19H,10-11H2/t15-/m0/s1. The van der Waals surface area contributed by atoms with Crippen LogP contribution in [0.5, 0.6) is 0 Å². The van der Waals surface area contributed by atoms with Gasteiger partial charge in [0.1, 0.15) is 11.9 Å². The number of likely N-dealkylation sites (tertiary alicyclic amines) is 1. The van der Waals surface area contributed by atoms with Crippen LogP contribution in [0.3, 0.4) is 0 Å². The molecule has 1 heterocycles. The number of rotatable bonds is 4. The maximum atomic E-state index is 13.2. The molecule has 3 rings (SSSR count). The molecule has 1 fully saturated rings. The molecule has 1 aliphatic heterocycles. The second-order valence-corrected chi connectivity index (χ2v) is 5.22. The highest BCUT2D eigenvalue weighted by Gasteiger charge is 2.38. The summed E-state index contributed by atoms with van der Waals surface area (Å²) in [6, 6.07) is 14.6. The van der Waals surface area contributed by atoms with Crippen molar-refractivity contribution in [2.24, 2.45) is 0 Å². The van der Waals surface area contributed by atoms with Crippen molar-refractivity contribution in [1.29, 1.82) is 0 Å². The Labute approximate surface area is 127 Å². The molecule has 1 N–H and O–H groups in total. The molecule has 2 aromatic rings. The predicted octanol–water partition coefficient (Wildman–Crippen LogP) is 2.57. The number of anilines is 1.